The Morgan fingerprint density at radius 3 is 0.542 bits per heavy atom. The van der Waals surface area contributed by atoms with Crippen molar-refractivity contribution in [1.82, 2.24) is 38.2 Å². The molecular weight excluding hydrogens is 1430 g/mol. The van der Waals surface area contributed by atoms with Gasteiger partial charge in [-0.3, -0.25) is 0 Å². The molecule has 23 rings (SSSR count). The van der Waals surface area contributed by atoms with Crippen LogP contribution in [0.4, 0.5) is 0 Å². The fraction of sp³-hybridized carbons (Fsp3) is 0. The molecule has 0 saturated carbocycles. The van der Waals surface area contributed by atoms with Crippen LogP contribution < -0.4 is 0 Å². The third-order valence-electron chi connectivity index (χ3n) is 23.6. The standard InChI is InChI=1S/C110H70N8/c1-3-23-71(24-4-1)79-63-81(67-83(65-79)99-69-97(75-47-55-85(56-48-75)115-101-35-15-7-27-89(101)90-28-8-16-36-102(90)115)111-109(113-99)77-51-59-87(60-52-77)117-105-39-19-11-31-93(105)94-32-12-20-40-106(94)117)73-43-45-74(46-44-73)82-64-80(72-25-5-2-6-26-72)66-84(68-82)100-70-98(76-49-57-86(58-50-76)116-103-37-17-9-29-91(103)92-30-10-18-38-104(92)116)112-110(114-100)78-53-61-88(62-54-78)118-107-41-21-13-33-95(107)96-34-14-22-42-108(96)118/h1-70H. The van der Waals surface area contributed by atoms with Gasteiger partial charge in [0.1, 0.15) is 0 Å². The zero-order valence-corrected chi connectivity index (χ0v) is 64.0. The van der Waals surface area contributed by atoms with Crippen LogP contribution >= 0.6 is 0 Å². The Labute approximate surface area is 680 Å². The molecule has 118 heavy (non-hydrogen) atoms. The van der Waals surface area contributed by atoms with E-state index >= 15 is 0 Å². The molecule has 8 nitrogen and oxygen atoms in total. The fourth-order valence-electron chi connectivity index (χ4n) is 18.0. The first-order chi connectivity index (χ1) is 58.5. The molecule has 0 aliphatic carbocycles. The second-order valence-electron chi connectivity index (χ2n) is 30.5. The first kappa shape index (κ1) is 67.8. The van der Waals surface area contributed by atoms with E-state index < -0.39 is 0 Å². The summed E-state index contributed by atoms with van der Waals surface area (Å²) >= 11 is 0. The van der Waals surface area contributed by atoms with Crippen molar-refractivity contribution >= 4 is 87.2 Å². The highest BCUT2D eigenvalue weighted by Crippen LogP contribution is 2.43. The van der Waals surface area contributed by atoms with E-state index in [1.54, 1.807) is 0 Å². The molecule has 0 saturated heterocycles. The summed E-state index contributed by atoms with van der Waals surface area (Å²) in [5.41, 5.74) is 31.1. The quantitative estimate of drug-likeness (QED) is 0.109. The average Bonchev–Trinajstić information content (AvgIpc) is 1.50. The Morgan fingerprint density at radius 2 is 0.305 bits per heavy atom. The van der Waals surface area contributed by atoms with Crippen molar-refractivity contribution in [3.63, 3.8) is 0 Å². The monoisotopic (exact) mass is 1500 g/mol. The summed E-state index contributed by atoms with van der Waals surface area (Å²) in [6, 6.07) is 153. The summed E-state index contributed by atoms with van der Waals surface area (Å²) in [7, 11) is 0. The Morgan fingerprint density at radius 1 is 0.127 bits per heavy atom. The molecule has 0 N–H and O–H groups in total. The topological polar surface area (TPSA) is 71.3 Å². The number of hydrogen-bond donors (Lipinski definition) is 0. The molecule has 23 aromatic rings. The Kier molecular flexibility index (Phi) is 16.1. The average molecular weight is 1500 g/mol. The molecule has 0 unspecified atom stereocenters. The normalized spacial score (nSPS) is 11.7. The minimum Gasteiger partial charge on any atom is -0.309 e. The largest absolute Gasteiger partial charge is 0.309 e. The lowest BCUT2D eigenvalue weighted by Crippen LogP contribution is -1.98. The first-order valence-electron chi connectivity index (χ1n) is 40.1. The molecule has 0 aliphatic rings. The third kappa shape index (κ3) is 11.7. The van der Waals surface area contributed by atoms with Crippen molar-refractivity contribution in [1.29, 1.82) is 0 Å². The van der Waals surface area contributed by atoms with Gasteiger partial charge in [0, 0.05) is 99.2 Å². The van der Waals surface area contributed by atoms with Crippen molar-refractivity contribution in [2.75, 3.05) is 0 Å². The van der Waals surface area contributed by atoms with E-state index in [1.165, 1.54) is 43.1 Å². The molecule has 0 aliphatic heterocycles. The smallest absolute Gasteiger partial charge is 0.160 e. The van der Waals surface area contributed by atoms with Crippen molar-refractivity contribution in [2.24, 2.45) is 0 Å². The van der Waals surface area contributed by atoms with Gasteiger partial charge in [0.05, 0.1) is 66.9 Å². The summed E-state index contributed by atoms with van der Waals surface area (Å²) in [5, 5.41) is 9.77. The summed E-state index contributed by atoms with van der Waals surface area (Å²) in [6.07, 6.45) is 0. The van der Waals surface area contributed by atoms with Crippen LogP contribution in [-0.2, 0) is 0 Å². The number of benzene rings is 17. The zero-order valence-electron chi connectivity index (χ0n) is 64.0. The van der Waals surface area contributed by atoms with Crippen molar-refractivity contribution in [3.05, 3.63) is 425 Å². The van der Waals surface area contributed by atoms with E-state index in [9.17, 15) is 0 Å². The molecule has 0 atom stereocenters. The maximum atomic E-state index is 5.58. The second kappa shape index (κ2) is 28.0. The number of hydrogen-bond acceptors (Lipinski definition) is 4. The Balaban J connectivity index is 0.642. The van der Waals surface area contributed by atoms with Gasteiger partial charge in [0.25, 0.3) is 0 Å². The van der Waals surface area contributed by atoms with Crippen LogP contribution in [0.5, 0.6) is 0 Å². The van der Waals surface area contributed by atoms with E-state index in [0.29, 0.717) is 11.6 Å². The SMILES string of the molecule is c1ccc(-c2cc(-c3ccc(-c4cc(-c5ccccc5)cc(-c5cc(-c6ccc(-n7c8ccccc8c8ccccc87)cc6)nc(-c6ccc(-n7c8ccccc8c8ccccc87)cc6)n5)c4)cc3)cc(-c3cc(-c4ccc(-n5c6ccccc6c6ccccc65)cc4)nc(-c4ccc(-n5c6ccccc6c6ccccc65)cc4)n3)c2)cc1. The highest BCUT2D eigenvalue weighted by atomic mass is 15.0. The molecule has 0 bridgehead atoms. The van der Waals surface area contributed by atoms with Crippen molar-refractivity contribution in [3.8, 4) is 135 Å². The lowest BCUT2D eigenvalue weighted by molar-refractivity contribution is 1.16. The maximum Gasteiger partial charge on any atom is 0.160 e. The van der Waals surface area contributed by atoms with Gasteiger partial charge < -0.3 is 18.3 Å². The minimum absolute atomic E-state index is 0.630. The molecule has 550 valence electrons. The van der Waals surface area contributed by atoms with Crippen LogP contribution in [0.25, 0.3) is 222 Å². The van der Waals surface area contributed by atoms with E-state index in [2.05, 4.69) is 443 Å². The van der Waals surface area contributed by atoms with Gasteiger partial charge in [0.15, 0.2) is 11.6 Å². The van der Waals surface area contributed by atoms with E-state index in [4.69, 9.17) is 19.9 Å². The van der Waals surface area contributed by atoms with Crippen LogP contribution in [0.2, 0.25) is 0 Å². The van der Waals surface area contributed by atoms with Crippen molar-refractivity contribution < 1.29 is 0 Å². The summed E-state index contributed by atoms with van der Waals surface area (Å²) in [4.78, 5) is 22.1. The Hall–Kier alpha value is -15.9. The number of rotatable bonds is 14. The van der Waals surface area contributed by atoms with Crippen LogP contribution in [0.1, 0.15) is 0 Å². The molecule has 6 aromatic heterocycles. The second-order valence-corrected chi connectivity index (χ2v) is 30.5. The summed E-state index contributed by atoms with van der Waals surface area (Å²) < 4.78 is 9.43. The van der Waals surface area contributed by atoms with Crippen molar-refractivity contribution in [2.45, 2.75) is 0 Å². The van der Waals surface area contributed by atoms with Gasteiger partial charge in [0.2, 0.25) is 0 Å². The molecule has 0 amide bonds. The first-order valence-corrected chi connectivity index (χ1v) is 40.1. The van der Waals surface area contributed by atoms with Crippen LogP contribution in [0, 0.1) is 0 Å². The van der Waals surface area contributed by atoms with Gasteiger partial charge in [-0.1, -0.05) is 255 Å². The van der Waals surface area contributed by atoms with Crippen LogP contribution in [-0.4, -0.2) is 38.2 Å². The van der Waals surface area contributed by atoms with E-state index in [-0.39, 0.29) is 0 Å². The Bertz CT molecular complexity index is 6840. The molecule has 17 aromatic carbocycles. The molecule has 0 fully saturated rings. The van der Waals surface area contributed by atoms with Gasteiger partial charge >= 0.3 is 0 Å². The predicted molar refractivity (Wildman–Crippen MR) is 489 cm³/mol. The van der Waals surface area contributed by atoms with E-state index in [1.807, 2.05) is 0 Å². The highest BCUT2D eigenvalue weighted by molar-refractivity contribution is 6.12. The summed E-state index contributed by atoms with van der Waals surface area (Å²) in [6.45, 7) is 0. The molecular formula is C110H70N8. The summed E-state index contributed by atoms with van der Waals surface area (Å²) in [5.74, 6) is 1.26. The van der Waals surface area contributed by atoms with E-state index in [0.717, 1.165) is 168 Å². The van der Waals surface area contributed by atoms with Gasteiger partial charge in [-0.05, 0) is 214 Å². The lowest BCUT2D eigenvalue weighted by Gasteiger charge is -2.15. The van der Waals surface area contributed by atoms with Gasteiger partial charge in [-0.25, -0.2) is 19.9 Å². The highest BCUT2D eigenvalue weighted by Gasteiger charge is 2.22. The van der Waals surface area contributed by atoms with Crippen LogP contribution in [0.15, 0.2) is 425 Å². The maximum absolute atomic E-state index is 5.58. The number of fused-ring (bicyclic) bond motifs is 12. The number of para-hydroxylation sites is 8. The lowest BCUT2D eigenvalue weighted by atomic mass is 9.92. The number of aromatic nitrogens is 8. The molecule has 0 radical (unpaired) electrons. The zero-order chi connectivity index (χ0) is 77.7. The van der Waals surface area contributed by atoms with Gasteiger partial charge in [-0.2, -0.15) is 0 Å². The molecule has 0 spiro atoms. The molecule has 6 heterocycles. The number of nitrogens with zero attached hydrogens (tertiary/aromatic N) is 8. The molecule has 8 heteroatoms. The third-order valence-corrected chi connectivity index (χ3v) is 23.6. The van der Waals surface area contributed by atoms with Gasteiger partial charge in [-0.15, -0.1) is 0 Å². The minimum atomic E-state index is 0.630. The predicted octanol–water partition coefficient (Wildman–Crippen LogP) is 28.3. The fourth-order valence-corrected chi connectivity index (χ4v) is 18.0. The van der Waals surface area contributed by atoms with Crippen LogP contribution in [0.3, 0.4) is 0 Å².